The largest absolute Gasteiger partial charge is 0.339 e. The number of aromatic nitrogens is 1. The van der Waals surface area contributed by atoms with Crippen LogP contribution >= 0.6 is 0 Å². The first-order valence-corrected chi connectivity index (χ1v) is 10.3. The summed E-state index contributed by atoms with van der Waals surface area (Å²) < 4.78 is 13.9. The van der Waals surface area contributed by atoms with Crippen LogP contribution in [0.15, 0.2) is 54.6 Å². The van der Waals surface area contributed by atoms with Gasteiger partial charge in [-0.15, -0.1) is 0 Å². The van der Waals surface area contributed by atoms with E-state index < -0.39 is 0 Å². The summed E-state index contributed by atoms with van der Waals surface area (Å²) in [4.78, 5) is 20.1. The van der Waals surface area contributed by atoms with Crippen LogP contribution in [0, 0.1) is 5.82 Å². The highest BCUT2D eigenvalue weighted by molar-refractivity contribution is 6.07. The minimum absolute atomic E-state index is 0.0208. The third kappa shape index (κ3) is 3.40. The first-order chi connectivity index (χ1) is 14.1. The van der Waals surface area contributed by atoms with E-state index in [1.807, 2.05) is 48.3 Å². The summed E-state index contributed by atoms with van der Waals surface area (Å²) in [5.74, 6) is -0.371. The number of pyridine rings is 1. The lowest BCUT2D eigenvalue weighted by Crippen LogP contribution is -2.48. The van der Waals surface area contributed by atoms with E-state index in [-0.39, 0.29) is 17.8 Å². The number of amides is 1. The molecular weight excluding hydrogens is 365 g/mol. The lowest BCUT2D eigenvalue weighted by molar-refractivity contribution is 0.0683. The number of nitrogens with one attached hydrogen (secondary N) is 1. The minimum atomic E-state index is -0.350. The van der Waals surface area contributed by atoms with Crippen LogP contribution in [-0.2, 0) is 0 Å². The zero-order chi connectivity index (χ0) is 20.0. The van der Waals surface area contributed by atoms with E-state index in [0.717, 1.165) is 18.4 Å². The van der Waals surface area contributed by atoms with Crippen molar-refractivity contribution in [3.8, 4) is 11.3 Å². The van der Waals surface area contributed by atoms with Crippen molar-refractivity contribution in [3.05, 3.63) is 66.0 Å². The molecule has 2 atom stereocenters. The molecule has 2 bridgehead atoms. The fourth-order valence-electron chi connectivity index (χ4n) is 4.83. The van der Waals surface area contributed by atoms with Crippen molar-refractivity contribution in [2.75, 3.05) is 7.05 Å². The van der Waals surface area contributed by atoms with Crippen molar-refractivity contribution in [3.63, 3.8) is 0 Å². The Morgan fingerprint density at radius 2 is 1.79 bits per heavy atom. The minimum Gasteiger partial charge on any atom is -0.339 e. The number of fused-ring (bicyclic) bond motifs is 3. The van der Waals surface area contributed by atoms with Gasteiger partial charge in [0.15, 0.2) is 0 Å². The first kappa shape index (κ1) is 18.3. The molecule has 0 saturated carbocycles. The molecule has 2 unspecified atom stereocenters. The van der Waals surface area contributed by atoms with E-state index in [2.05, 4.69) is 10.3 Å². The molecule has 29 heavy (non-hydrogen) atoms. The molecule has 1 aromatic heterocycles. The van der Waals surface area contributed by atoms with Crippen LogP contribution in [-0.4, -0.2) is 41.0 Å². The third-order valence-electron chi connectivity index (χ3n) is 6.39. The van der Waals surface area contributed by atoms with Crippen molar-refractivity contribution in [2.24, 2.45) is 0 Å². The number of piperidine rings is 1. The highest BCUT2D eigenvalue weighted by atomic mass is 19.1. The molecule has 1 amide bonds. The smallest absolute Gasteiger partial charge is 0.254 e. The number of benzene rings is 2. The number of carbonyl (C=O) groups excluding carboxylic acids is 1. The quantitative estimate of drug-likeness (QED) is 0.722. The van der Waals surface area contributed by atoms with E-state index in [1.165, 1.54) is 25.0 Å². The van der Waals surface area contributed by atoms with Crippen LogP contribution in [0.1, 0.15) is 36.0 Å². The van der Waals surface area contributed by atoms with Gasteiger partial charge in [0.25, 0.3) is 5.91 Å². The predicted octanol–water partition coefficient (Wildman–Crippen LogP) is 4.40. The summed E-state index contributed by atoms with van der Waals surface area (Å²) in [6.45, 7) is 0. The highest BCUT2D eigenvalue weighted by Crippen LogP contribution is 2.31. The topological polar surface area (TPSA) is 45.2 Å². The predicted molar refractivity (Wildman–Crippen MR) is 112 cm³/mol. The fraction of sp³-hybridized carbons (Fsp3) is 0.333. The SMILES string of the molecule is CN(C(=O)c1cc(-c2ccccc2)nc2cc(F)ccc12)C1CC2CCC(C1)N2. The average Bonchev–Trinajstić information content (AvgIpc) is 3.09. The maximum atomic E-state index is 13.9. The molecule has 148 valence electrons. The Bertz CT molecular complexity index is 1060. The molecule has 3 heterocycles. The monoisotopic (exact) mass is 389 g/mol. The molecule has 0 aliphatic carbocycles. The number of hydrogen-bond donors (Lipinski definition) is 1. The Labute approximate surface area is 169 Å². The molecule has 2 aliphatic rings. The molecule has 3 aromatic rings. The van der Waals surface area contributed by atoms with E-state index in [1.54, 1.807) is 6.07 Å². The Balaban J connectivity index is 1.56. The van der Waals surface area contributed by atoms with Gasteiger partial charge in [-0.25, -0.2) is 9.37 Å². The summed E-state index contributed by atoms with van der Waals surface area (Å²) in [6.07, 6.45) is 4.36. The van der Waals surface area contributed by atoms with Crippen molar-refractivity contribution in [1.82, 2.24) is 15.2 Å². The van der Waals surface area contributed by atoms with Crippen LogP contribution in [0.25, 0.3) is 22.2 Å². The molecule has 0 spiro atoms. The summed E-state index contributed by atoms with van der Waals surface area (Å²) in [6, 6.07) is 17.3. The van der Waals surface area contributed by atoms with Gasteiger partial charge in [-0.3, -0.25) is 4.79 Å². The molecule has 4 nitrogen and oxygen atoms in total. The van der Waals surface area contributed by atoms with Gasteiger partial charge < -0.3 is 10.2 Å². The molecule has 2 fully saturated rings. The Morgan fingerprint density at radius 3 is 2.52 bits per heavy atom. The molecule has 2 aliphatic heterocycles. The lowest BCUT2D eigenvalue weighted by Gasteiger charge is -2.35. The first-order valence-electron chi connectivity index (χ1n) is 10.3. The lowest BCUT2D eigenvalue weighted by atomic mass is 9.97. The molecular formula is C24H24FN3O. The van der Waals surface area contributed by atoms with E-state index >= 15 is 0 Å². The van der Waals surface area contributed by atoms with E-state index in [9.17, 15) is 9.18 Å². The summed E-state index contributed by atoms with van der Waals surface area (Å²) in [7, 11) is 1.90. The van der Waals surface area contributed by atoms with Crippen molar-refractivity contribution < 1.29 is 9.18 Å². The van der Waals surface area contributed by atoms with Crippen LogP contribution in [0.3, 0.4) is 0 Å². The second-order valence-electron chi connectivity index (χ2n) is 8.26. The molecule has 2 saturated heterocycles. The molecule has 5 rings (SSSR count). The maximum Gasteiger partial charge on any atom is 0.254 e. The van der Waals surface area contributed by atoms with Gasteiger partial charge in [-0.1, -0.05) is 30.3 Å². The Morgan fingerprint density at radius 1 is 1.07 bits per heavy atom. The van der Waals surface area contributed by atoms with Gasteiger partial charge in [0.2, 0.25) is 0 Å². The normalized spacial score (nSPS) is 23.3. The van der Waals surface area contributed by atoms with Crippen molar-refractivity contribution in [2.45, 2.75) is 43.8 Å². The summed E-state index contributed by atoms with van der Waals surface area (Å²) >= 11 is 0. The summed E-state index contributed by atoms with van der Waals surface area (Å²) in [5, 5.41) is 4.32. The van der Waals surface area contributed by atoms with Gasteiger partial charge in [-0.2, -0.15) is 0 Å². The Kier molecular flexibility index (Phi) is 4.55. The van der Waals surface area contributed by atoms with Gasteiger partial charge in [-0.05, 0) is 43.9 Å². The van der Waals surface area contributed by atoms with Crippen molar-refractivity contribution >= 4 is 16.8 Å². The molecule has 2 aromatic carbocycles. The average molecular weight is 389 g/mol. The number of halogens is 1. The zero-order valence-electron chi connectivity index (χ0n) is 16.4. The zero-order valence-corrected chi connectivity index (χ0v) is 16.4. The van der Waals surface area contributed by atoms with Crippen LogP contribution in [0.5, 0.6) is 0 Å². The standard InChI is InChI=1S/C24H24FN3O/c1-28(19-12-17-8-9-18(13-19)26-17)24(29)21-14-22(15-5-3-2-4-6-15)27-23-11-16(25)7-10-20(21)23/h2-7,10-11,14,17-19,26H,8-9,12-13H2,1H3. The Hall–Kier alpha value is -2.79. The van der Waals surface area contributed by atoms with Crippen LogP contribution < -0.4 is 5.32 Å². The summed E-state index contributed by atoms with van der Waals surface area (Å²) in [5.41, 5.74) is 2.69. The van der Waals surface area contributed by atoms with Gasteiger partial charge in [0.1, 0.15) is 5.82 Å². The van der Waals surface area contributed by atoms with Gasteiger partial charge >= 0.3 is 0 Å². The molecule has 5 heteroatoms. The number of hydrogen-bond acceptors (Lipinski definition) is 3. The van der Waals surface area contributed by atoms with E-state index in [4.69, 9.17) is 0 Å². The molecule has 1 N–H and O–H groups in total. The number of carbonyl (C=O) groups is 1. The van der Waals surface area contributed by atoms with Crippen LogP contribution in [0.2, 0.25) is 0 Å². The number of rotatable bonds is 3. The number of nitrogens with zero attached hydrogens (tertiary/aromatic N) is 2. The van der Waals surface area contributed by atoms with Gasteiger partial charge in [0.05, 0.1) is 16.8 Å². The van der Waals surface area contributed by atoms with E-state index in [0.29, 0.717) is 34.2 Å². The van der Waals surface area contributed by atoms with Crippen molar-refractivity contribution in [1.29, 1.82) is 0 Å². The second-order valence-corrected chi connectivity index (χ2v) is 8.26. The second kappa shape index (κ2) is 7.23. The maximum absolute atomic E-state index is 13.9. The van der Waals surface area contributed by atoms with Gasteiger partial charge in [0, 0.05) is 42.2 Å². The molecule has 0 radical (unpaired) electrons. The highest BCUT2D eigenvalue weighted by Gasteiger charge is 2.36. The third-order valence-corrected chi connectivity index (χ3v) is 6.39. The fourth-order valence-corrected chi connectivity index (χ4v) is 4.83. The van der Waals surface area contributed by atoms with Crippen LogP contribution in [0.4, 0.5) is 4.39 Å².